The van der Waals surface area contributed by atoms with E-state index in [4.69, 9.17) is 14.2 Å². The molecule has 0 saturated heterocycles. The maximum Gasteiger partial charge on any atom is 0.354 e. The second kappa shape index (κ2) is 7.71. The van der Waals surface area contributed by atoms with Crippen LogP contribution in [0.4, 0.5) is 5.69 Å². The van der Waals surface area contributed by atoms with Gasteiger partial charge in [0.25, 0.3) is 0 Å². The van der Waals surface area contributed by atoms with Gasteiger partial charge in [0.05, 0.1) is 31.5 Å². The third-order valence-corrected chi connectivity index (χ3v) is 5.03. The number of anilines is 1. The monoisotopic (exact) mass is 388 g/mol. The lowest BCUT2D eigenvalue weighted by Gasteiger charge is -2.12. The Labute approximate surface area is 160 Å². The summed E-state index contributed by atoms with van der Waals surface area (Å²) in [5.41, 5.74) is 1.72. The Kier molecular flexibility index (Phi) is 5.36. The summed E-state index contributed by atoms with van der Waals surface area (Å²) >= 11 is 1.56. The molecule has 0 radical (unpaired) electrons. The number of carbonyl (C=O) groups is 2. The Morgan fingerprint density at radius 1 is 1.04 bits per heavy atom. The quantitative estimate of drug-likeness (QED) is 0.655. The van der Waals surface area contributed by atoms with E-state index in [0.29, 0.717) is 22.9 Å². The molecule has 0 aliphatic heterocycles. The minimum atomic E-state index is -0.480. The average Bonchev–Trinajstić information content (AvgIpc) is 3.17. The lowest BCUT2D eigenvalue weighted by molar-refractivity contribution is -0.116. The van der Waals surface area contributed by atoms with Crippen molar-refractivity contribution in [1.82, 2.24) is 4.57 Å². The van der Waals surface area contributed by atoms with Crippen molar-refractivity contribution < 1.29 is 23.8 Å². The topological polar surface area (TPSA) is 78.8 Å². The number of nitrogens with one attached hydrogen (secondary N) is 1. The van der Waals surface area contributed by atoms with Crippen molar-refractivity contribution in [3.05, 3.63) is 40.9 Å². The molecule has 0 fully saturated rings. The van der Waals surface area contributed by atoms with Crippen LogP contribution >= 0.6 is 11.3 Å². The second-order valence-corrected chi connectivity index (χ2v) is 7.15. The minimum Gasteiger partial charge on any atom is -0.497 e. The van der Waals surface area contributed by atoms with Crippen LogP contribution in [-0.4, -0.2) is 37.8 Å². The Morgan fingerprint density at radius 2 is 1.70 bits per heavy atom. The predicted octanol–water partition coefficient (Wildman–Crippen LogP) is 3.45. The van der Waals surface area contributed by atoms with Gasteiger partial charge in [0.15, 0.2) is 0 Å². The first-order chi connectivity index (χ1) is 12.9. The molecule has 0 bridgehead atoms. The molecule has 8 heteroatoms. The van der Waals surface area contributed by atoms with Gasteiger partial charge in [-0.15, -0.1) is 11.3 Å². The van der Waals surface area contributed by atoms with E-state index in [1.807, 2.05) is 13.0 Å². The normalized spacial score (nSPS) is 10.7. The zero-order valence-corrected chi connectivity index (χ0v) is 16.3. The Balaban J connectivity index is 1.89. The van der Waals surface area contributed by atoms with E-state index in [2.05, 4.69) is 5.32 Å². The van der Waals surface area contributed by atoms with Crippen molar-refractivity contribution in [2.45, 2.75) is 13.5 Å². The third-order valence-electron chi connectivity index (χ3n) is 4.04. The number of rotatable bonds is 6. The van der Waals surface area contributed by atoms with E-state index >= 15 is 0 Å². The third kappa shape index (κ3) is 3.90. The van der Waals surface area contributed by atoms with Gasteiger partial charge in [-0.25, -0.2) is 4.79 Å². The van der Waals surface area contributed by atoms with E-state index in [9.17, 15) is 9.59 Å². The summed E-state index contributed by atoms with van der Waals surface area (Å²) < 4.78 is 17.9. The van der Waals surface area contributed by atoms with Gasteiger partial charge in [0.2, 0.25) is 5.91 Å². The summed E-state index contributed by atoms with van der Waals surface area (Å²) in [5.74, 6) is 0.372. The van der Waals surface area contributed by atoms with Gasteiger partial charge in [0, 0.05) is 28.8 Å². The number of ether oxygens (including phenoxy) is 3. The highest BCUT2D eigenvalue weighted by atomic mass is 32.1. The van der Waals surface area contributed by atoms with E-state index in [0.717, 1.165) is 15.1 Å². The van der Waals surface area contributed by atoms with Crippen LogP contribution in [0.25, 0.3) is 10.2 Å². The Bertz CT molecular complexity index is 983. The first kappa shape index (κ1) is 18.8. The number of nitrogens with zero attached hydrogens (tertiary/aromatic N) is 1. The maximum absolute atomic E-state index is 12.6. The molecule has 7 nitrogen and oxygen atoms in total. The molecule has 0 atom stereocenters. The molecule has 2 aromatic heterocycles. The summed E-state index contributed by atoms with van der Waals surface area (Å²) in [5, 5.41) is 2.82. The molecular formula is C19H20N2O5S. The number of aromatic nitrogens is 1. The van der Waals surface area contributed by atoms with Crippen LogP contribution in [0.5, 0.6) is 11.5 Å². The fourth-order valence-electron chi connectivity index (χ4n) is 2.83. The first-order valence-corrected chi connectivity index (χ1v) is 8.97. The van der Waals surface area contributed by atoms with Gasteiger partial charge < -0.3 is 24.1 Å². The maximum atomic E-state index is 12.6. The molecule has 0 aliphatic rings. The number of esters is 1. The van der Waals surface area contributed by atoms with E-state index in [-0.39, 0.29) is 12.5 Å². The van der Waals surface area contributed by atoms with Crippen LogP contribution in [0.2, 0.25) is 0 Å². The van der Waals surface area contributed by atoms with E-state index in [1.54, 1.807) is 54.4 Å². The summed E-state index contributed by atoms with van der Waals surface area (Å²) in [6, 6.07) is 8.81. The zero-order valence-electron chi connectivity index (χ0n) is 15.5. The Morgan fingerprint density at radius 3 is 2.30 bits per heavy atom. The number of aryl methyl sites for hydroxylation is 1. The SMILES string of the molecule is COC(=O)c1cc2sc(C)cc2n1CC(=O)Nc1cc(OC)cc(OC)c1. The van der Waals surface area contributed by atoms with Crippen LogP contribution in [-0.2, 0) is 16.1 Å². The summed E-state index contributed by atoms with van der Waals surface area (Å²) in [7, 11) is 4.40. The Hall–Kier alpha value is -3.00. The molecule has 0 unspecified atom stereocenters. The number of hydrogen-bond acceptors (Lipinski definition) is 6. The number of carbonyl (C=O) groups excluding carboxylic acids is 2. The van der Waals surface area contributed by atoms with Gasteiger partial charge in [-0.05, 0) is 19.1 Å². The largest absolute Gasteiger partial charge is 0.497 e. The smallest absolute Gasteiger partial charge is 0.354 e. The summed E-state index contributed by atoms with van der Waals surface area (Å²) in [6.07, 6.45) is 0. The van der Waals surface area contributed by atoms with Crippen LogP contribution in [0.15, 0.2) is 30.3 Å². The lowest BCUT2D eigenvalue weighted by atomic mass is 10.2. The molecule has 1 aromatic carbocycles. The van der Waals surface area contributed by atoms with E-state index in [1.165, 1.54) is 7.11 Å². The molecule has 3 rings (SSSR count). The van der Waals surface area contributed by atoms with Crippen molar-refractivity contribution in [2.75, 3.05) is 26.6 Å². The summed E-state index contributed by atoms with van der Waals surface area (Å²) in [6.45, 7) is 1.96. The predicted molar refractivity (Wildman–Crippen MR) is 104 cm³/mol. The van der Waals surface area contributed by atoms with Crippen molar-refractivity contribution in [3.63, 3.8) is 0 Å². The van der Waals surface area contributed by atoms with Gasteiger partial charge in [-0.1, -0.05) is 0 Å². The molecule has 1 amide bonds. The number of hydrogen-bond donors (Lipinski definition) is 1. The first-order valence-electron chi connectivity index (χ1n) is 8.16. The second-order valence-electron chi connectivity index (χ2n) is 5.86. The van der Waals surface area contributed by atoms with E-state index < -0.39 is 5.97 Å². The van der Waals surface area contributed by atoms with Gasteiger partial charge >= 0.3 is 5.97 Å². The number of thiophene rings is 1. The average molecular weight is 388 g/mol. The molecule has 1 N–H and O–H groups in total. The highest BCUT2D eigenvalue weighted by molar-refractivity contribution is 7.19. The molecule has 3 aromatic rings. The van der Waals surface area contributed by atoms with Crippen LogP contribution in [0.1, 0.15) is 15.4 Å². The number of benzene rings is 1. The molecule has 27 heavy (non-hydrogen) atoms. The van der Waals surface area contributed by atoms with Crippen LogP contribution in [0.3, 0.4) is 0 Å². The number of methoxy groups -OCH3 is 3. The number of fused-ring (bicyclic) bond motifs is 1. The van der Waals surface area contributed by atoms with Gasteiger partial charge in [-0.3, -0.25) is 4.79 Å². The highest BCUT2D eigenvalue weighted by Gasteiger charge is 2.20. The van der Waals surface area contributed by atoms with Gasteiger partial charge in [-0.2, -0.15) is 0 Å². The molecule has 0 spiro atoms. The highest BCUT2D eigenvalue weighted by Crippen LogP contribution is 2.30. The van der Waals surface area contributed by atoms with Crippen LogP contribution in [0, 0.1) is 6.92 Å². The molecule has 2 heterocycles. The van der Waals surface area contributed by atoms with Crippen molar-refractivity contribution in [3.8, 4) is 11.5 Å². The lowest BCUT2D eigenvalue weighted by Crippen LogP contribution is -2.21. The molecular weight excluding hydrogens is 368 g/mol. The fourth-order valence-corrected chi connectivity index (χ4v) is 3.79. The fraction of sp³-hybridized carbons (Fsp3) is 0.263. The van der Waals surface area contributed by atoms with Crippen molar-refractivity contribution >= 4 is 39.1 Å². The molecule has 0 aliphatic carbocycles. The molecule has 142 valence electrons. The van der Waals surface area contributed by atoms with Crippen molar-refractivity contribution in [2.24, 2.45) is 0 Å². The standard InChI is InChI=1S/C19H20N2O5S/c1-11-5-15-17(27-11)9-16(19(23)26-4)21(15)10-18(22)20-12-6-13(24-2)8-14(7-12)25-3/h5-9H,10H2,1-4H3,(H,20,22). The van der Waals surface area contributed by atoms with Crippen molar-refractivity contribution in [1.29, 1.82) is 0 Å². The van der Waals surface area contributed by atoms with Gasteiger partial charge in [0.1, 0.15) is 23.7 Å². The van der Waals surface area contributed by atoms with Crippen LogP contribution < -0.4 is 14.8 Å². The number of amides is 1. The zero-order chi connectivity index (χ0) is 19.6. The molecule has 0 saturated carbocycles. The minimum absolute atomic E-state index is 0.0242. The summed E-state index contributed by atoms with van der Waals surface area (Å²) in [4.78, 5) is 25.8.